The fourth-order valence-electron chi connectivity index (χ4n) is 3.75. The van der Waals surface area contributed by atoms with Crippen molar-refractivity contribution in [2.24, 2.45) is 0 Å². The van der Waals surface area contributed by atoms with Gasteiger partial charge in [0.2, 0.25) is 5.91 Å². The number of piperazine rings is 1. The van der Waals surface area contributed by atoms with Crippen molar-refractivity contribution in [3.63, 3.8) is 0 Å². The first-order chi connectivity index (χ1) is 13.0. The maximum absolute atomic E-state index is 12.5. The molecule has 1 aromatic rings. The van der Waals surface area contributed by atoms with Gasteiger partial charge in [-0.25, -0.2) is 4.79 Å². The molecule has 3 heterocycles. The molecule has 0 saturated carbocycles. The third-order valence-corrected chi connectivity index (χ3v) is 5.31. The van der Waals surface area contributed by atoms with E-state index in [9.17, 15) is 9.59 Å². The minimum absolute atomic E-state index is 0.0272. The van der Waals surface area contributed by atoms with Crippen molar-refractivity contribution in [3.8, 4) is 0 Å². The second-order valence-corrected chi connectivity index (χ2v) is 7.68. The lowest BCUT2D eigenvalue weighted by atomic mass is 10.1. The summed E-state index contributed by atoms with van der Waals surface area (Å²) < 4.78 is 0. The number of aryl methyl sites for hydroxylation is 1. The molecule has 0 bridgehead atoms. The lowest BCUT2D eigenvalue weighted by Crippen LogP contribution is -2.54. The highest BCUT2D eigenvalue weighted by Crippen LogP contribution is 2.10. The van der Waals surface area contributed by atoms with Crippen LogP contribution in [0.4, 0.5) is 4.79 Å². The van der Waals surface area contributed by atoms with Crippen LogP contribution in [0.15, 0.2) is 18.2 Å². The Labute approximate surface area is 161 Å². The van der Waals surface area contributed by atoms with E-state index in [1.54, 1.807) is 0 Å². The molecule has 3 rings (SSSR count). The van der Waals surface area contributed by atoms with E-state index in [1.165, 1.54) is 0 Å². The number of hydrogen-bond acceptors (Lipinski definition) is 4. The first kappa shape index (κ1) is 19.6. The maximum Gasteiger partial charge on any atom is 0.317 e. The minimum atomic E-state index is -0.0272. The molecule has 0 aliphatic carbocycles. The number of nitrogens with zero attached hydrogens (tertiary/aromatic N) is 4. The van der Waals surface area contributed by atoms with Crippen molar-refractivity contribution < 1.29 is 9.59 Å². The summed E-state index contributed by atoms with van der Waals surface area (Å²) in [6.45, 7) is 9.08. The van der Waals surface area contributed by atoms with Gasteiger partial charge in [0, 0.05) is 63.1 Å². The van der Waals surface area contributed by atoms with Crippen molar-refractivity contribution in [2.75, 3.05) is 45.8 Å². The lowest BCUT2D eigenvalue weighted by molar-refractivity contribution is -0.131. The molecule has 0 unspecified atom stereocenters. The number of carbonyl (C=O) groups excluding carboxylic acids is 2. The third kappa shape index (κ3) is 5.66. The number of urea groups is 1. The van der Waals surface area contributed by atoms with E-state index >= 15 is 0 Å². The Bertz CT molecular complexity index is 652. The van der Waals surface area contributed by atoms with Gasteiger partial charge in [0.05, 0.1) is 6.54 Å². The minimum Gasteiger partial charge on any atom is -0.342 e. The van der Waals surface area contributed by atoms with Crippen LogP contribution in [0.25, 0.3) is 0 Å². The molecule has 3 amide bonds. The van der Waals surface area contributed by atoms with Gasteiger partial charge in [0.25, 0.3) is 0 Å². The third-order valence-electron chi connectivity index (χ3n) is 5.31. The van der Waals surface area contributed by atoms with Crippen LogP contribution < -0.4 is 5.32 Å². The molecular formula is C20H31N5O2. The summed E-state index contributed by atoms with van der Waals surface area (Å²) >= 11 is 0. The van der Waals surface area contributed by atoms with Crippen LogP contribution in [0.1, 0.15) is 31.2 Å². The standard InChI is InChI=1S/C20H31N5O2/c1-16-6-5-7-18(21-16)14-17(2)22-20(27)25-12-10-23(11-13-25)15-19(26)24-8-3-4-9-24/h5-7,17H,3-4,8-15H2,1-2H3,(H,22,27)/t17-/m1/s1. The van der Waals surface area contributed by atoms with Gasteiger partial charge in [-0.1, -0.05) is 6.07 Å². The molecule has 2 aliphatic heterocycles. The molecule has 2 saturated heterocycles. The fraction of sp³-hybridized carbons (Fsp3) is 0.650. The number of hydrogen-bond donors (Lipinski definition) is 1. The van der Waals surface area contributed by atoms with E-state index in [1.807, 2.05) is 41.8 Å². The van der Waals surface area contributed by atoms with Gasteiger partial charge in [-0.05, 0) is 38.8 Å². The fourth-order valence-corrected chi connectivity index (χ4v) is 3.75. The summed E-state index contributed by atoms with van der Waals surface area (Å²) in [6, 6.07) is 5.96. The SMILES string of the molecule is Cc1cccc(C[C@@H](C)NC(=O)N2CCN(CC(=O)N3CCCC3)CC2)n1. The Morgan fingerprint density at radius 2 is 1.78 bits per heavy atom. The number of nitrogens with one attached hydrogen (secondary N) is 1. The van der Waals surface area contributed by atoms with Crippen LogP contribution in [0.3, 0.4) is 0 Å². The number of rotatable bonds is 5. The molecular weight excluding hydrogens is 342 g/mol. The van der Waals surface area contributed by atoms with Crippen LogP contribution in [-0.2, 0) is 11.2 Å². The van der Waals surface area contributed by atoms with Gasteiger partial charge in [0.1, 0.15) is 0 Å². The van der Waals surface area contributed by atoms with Gasteiger partial charge in [0.15, 0.2) is 0 Å². The van der Waals surface area contributed by atoms with Gasteiger partial charge < -0.3 is 15.1 Å². The predicted molar refractivity (Wildman–Crippen MR) is 104 cm³/mol. The summed E-state index contributed by atoms with van der Waals surface area (Å²) in [5, 5.41) is 3.07. The first-order valence-corrected chi connectivity index (χ1v) is 9.99. The van der Waals surface area contributed by atoms with Crippen molar-refractivity contribution in [1.29, 1.82) is 0 Å². The van der Waals surface area contributed by atoms with Crippen molar-refractivity contribution in [1.82, 2.24) is 25.0 Å². The maximum atomic E-state index is 12.5. The second kappa shape index (κ2) is 9.17. The van der Waals surface area contributed by atoms with Gasteiger partial charge >= 0.3 is 6.03 Å². The highest BCUT2D eigenvalue weighted by molar-refractivity contribution is 5.78. The number of aromatic nitrogens is 1. The number of likely N-dealkylation sites (tertiary alicyclic amines) is 1. The Balaban J connectivity index is 1.39. The smallest absolute Gasteiger partial charge is 0.317 e. The molecule has 2 aliphatic rings. The van der Waals surface area contributed by atoms with Crippen LogP contribution in [0, 0.1) is 6.92 Å². The molecule has 7 nitrogen and oxygen atoms in total. The van der Waals surface area contributed by atoms with Gasteiger partial charge in [-0.3, -0.25) is 14.7 Å². The number of carbonyl (C=O) groups is 2. The zero-order chi connectivity index (χ0) is 19.2. The summed E-state index contributed by atoms with van der Waals surface area (Å²) in [7, 11) is 0. The molecule has 0 radical (unpaired) electrons. The molecule has 148 valence electrons. The monoisotopic (exact) mass is 373 g/mol. The van der Waals surface area contributed by atoms with Crippen LogP contribution in [0.2, 0.25) is 0 Å². The molecule has 0 spiro atoms. The van der Waals surface area contributed by atoms with Crippen molar-refractivity contribution in [2.45, 2.75) is 39.2 Å². The van der Waals surface area contributed by atoms with Crippen molar-refractivity contribution in [3.05, 3.63) is 29.6 Å². The van der Waals surface area contributed by atoms with Gasteiger partial charge in [-0.15, -0.1) is 0 Å². The van der Waals surface area contributed by atoms with E-state index < -0.39 is 0 Å². The largest absolute Gasteiger partial charge is 0.342 e. The molecule has 27 heavy (non-hydrogen) atoms. The van der Waals surface area contributed by atoms with E-state index in [0.717, 1.165) is 56.8 Å². The lowest BCUT2D eigenvalue weighted by Gasteiger charge is -2.35. The zero-order valence-electron chi connectivity index (χ0n) is 16.5. The number of pyridine rings is 1. The molecule has 2 fully saturated rings. The summed E-state index contributed by atoms with van der Waals surface area (Å²) in [4.78, 5) is 35.2. The molecule has 7 heteroatoms. The van der Waals surface area contributed by atoms with E-state index in [-0.39, 0.29) is 18.0 Å². The molecule has 1 atom stereocenters. The average molecular weight is 374 g/mol. The first-order valence-electron chi connectivity index (χ1n) is 9.99. The van der Waals surface area contributed by atoms with Crippen LogP contribution in [0.5, 0.6) is 0 Å². The summed E-state index contributed by atoms with van der Waals surface area (Å²) in [5.74, 6) is 0.227. The Hall–Kier alpha value is -2.15. The Kier molecular flexibility index (Phi) is 6.66. The van der Waals surface area contributed by atoms with E-state index in [4.69, 9.17) is 0 Å². The highest BCUT2D eigenvalue weighted by Gasteiger charge is 2.25. The molecule has 1 aromatic heterocycles. The Morgan fingerprint density at radius 3 is 2.44 bits per heavy atom. The molecule has 0 aromatic carbocycles. The van der Waals surface area contributed by atoms with E-state index in [2.05, 4.69) is 15.2 Å². The quantitative estimate of drug-likeness (QED) is 0.844. The van der Waals surface area contributed by atoms with Gasteiger partial charge in [-0.2, -0.15) is 0 Å². The second-order valence-electron chi connectivity index (χ2n) is 7.68. The van der Waals surface area contributed by atoms with Crippen molar-refractivity contribution >= 4 is 11.9 Å². The number of amides is 3. The normalized spacial score (nSPS) is 19.2. The van der Waals surface area contributed by atoms with E-state index in [0.29, 0.717) is 19.6 Å². The predicted octanol–water partition coefficient (Wildman–Crippen LogP) is 1.27. The molecule has 1 N–H and O–H groups in total. The highest BCUT2D eigenvalue weighted by atomic mass is 16.2. The van der Waals surface area contributed by atoms with Crippen LogP contribution in [-0.4, -0.2) is 83.5 Å². The zero-order valence-corrected chi connectivity index (χ0v) is 16.5. The summed E-state index contributed by atoms with van der Waals surface area (Å²) in [6.07, 6.45) is 2.96. The van der Waals surface area contributed by atoms with Crippen LogP contribution >= 0.6 is 0 Å². The summed E-state index contributed by atoms with van der Waals surface area (Å²) in [5.41, 5.74) is 1.98. The average Bonchev–Trinajstić information content (AvgIpc) is 3.17. The topological polar surface area (TPSA) is 68.8 Å². The Morgan fingerprint density at radius 1 is 1.07 bits per heavy atom.